The number of carbonyl (C=O) groups is 2. The number of sulfonamides is 1. The molecule has 10 heteroatoms. The van der Waals surface area contributed by atoms with E-state index in [1.807, 2.05) is 42.5 Å². The fourth-order valence-electron chi connectivity index (χ4n) is 4.28. The van der Waals surface area contributed by atoms with Crippen LogP contribution in [0.1, 0.15) is 24.0 Å². The van der Waals surface area contributed by atoms with E-state index in [2.05, 4.69) is 5.32 Å². The Bertz CT molecular complexity index is 1350. The molecule has 39 heavy (non-hydrogen) atoms. The Labute approximate surface area is 235 Å². The van der Waals surface area contributed by atoms with E-state index in [0.717, 1.165) is 17.4 Å². The van der Waals surface area contributed by atoms with Crippen molar-refractivity contribution in [3.63, 3.8) is 0 Å². The summed E-state index contributed by atoms with van der Waals surface area (Å²) in [5.41, 5.74) is 2.19. The molecule has 0 spiro atoms. The zero-order valence-electron chi connectivity index (χ0n) is 22.3. The van der Waals surface area contributed by atoms with Crippen LogP contribution in [0.4, 0.5) is 5.69 Å². The van der Waals surface area contributed by atoms with Crippen LogP contribution in [0.5, 0.6) is 5.75 Å². The molecule has 0 heterocycles. The summed E-state index contributed by atoms with van der Waals surface area (Å²) in [6.07, 6.45) is 1.76. The molecular weight excluding hydrogens is 538 g/mol. The lowest BCUT2D eigenvalue weighted by molar-refractivity contribution is -0.141. The summed E-state index contributed by atoms with van der Waals surface area (Å²) in [6.45, 7) is 0.294. The molecule has 1 N–H and O–H groups in total. The van der Waals surface area contributed by atoms with Gasteiger partial charge in [-0.2, -0.15) is 0 Å². The summed E-state index contributed by atoms with van der Waals surface area (Å²) in [6, 6.07) is 22.6. The molecule has 8 nitrogen and oxygen atoms in total. The number of ether oxygens (including phenoxy) is 1. The van der Waals surface area contributed by atoms with Crippen molar-refractivity contribution in [2.45, 2.75) is 31.8 Å². The normalized spacial score (nSPS) is 11.9. The molecule has 1 atom stereocenters. The van der Waals surface area contributed by atoms with E-state index in [1.54, 1.807) is 48.3 Å². The van der Waals surface area contributed by atoms with Gasteiger partial charge in [-0.05, 0) is 41.8 Å². The molecule has 3 aromatic rings. The summed E-state index contributed by atoms with van der Waals surface area (Å²) in [5.74, 6) is -0.00965. The monoisotopic (exact) mass is 571 g/mol. The van der Waals surface area contributed by atoms with Crippen molar-refractivity contribution in [2.24, 2.45) is 0 Å². The number of halogens is 1. The Morgan fingerprint density at radius 3 is 2.28 bits per heavy atom. The second-order valence-corrected chi connectivity index (χ2v) is 11.5. The molecule has 3 aromatic carbocycles. The lowest BCUT2D eigenvalue weighted by Gasteiger charge is -2.31. The third-order valence-corrected chi connectivity index (χ3v) is 7.72. The molecule has 0 aromatic heterocycles. The molecule has 0 bridgehead atoms. The quantitative estimate of drug-likeness (QED) is 0.330. The zero-order valence-corrected chi connectivity index (χ0v) is 23.9. The van der Waals surface area contributed by atoms with E-state index in [-0.39, 0.29) is 37.7 Å². The molecular formula is C29H34ClN3O5S. The summed E-state index contributed by atoms with van der Waals surface area (Å²) >= 11 is 6.05. The van der Waals surface area contributed by atoms with Crippen LogP contribution in [0, 0.1) is 0 Å². The Kier molecular flexibility index (Phi) is 10.8. The van der Waals surface area contributed by atoms with Gasteiger partial charge in [-0.3, -0.25) is 13.9 Å². The SMILES string of the molecule is CNC(=O)[C@@H](Cc1ccccc1)N(Cc1ccc(Cl)cc1)C(=O)CCCN(c1cccc(OC)c1)S(C)(=O)=O. The number of rotatable bonds is 13. The molecule has 0 aliphatic heterocycles. The molecule has 3 rings (SSSR count). The van der Waals surface area contributed by atoms with Crippen molar-refractivity contribution < 1.29 is 22.7 Å². The van der Waals surface area contributed by atoms with E-state index in [0.29, 0.717) is 22.9 Å². The largest absolute Gasteiger partial charge is 0.497 e. The van der Waals surface area contributed by atoms with Crippen LogP contribution in [0.3, 0.4) is 0 Å². The molecule has 0 fully saturated rings. The highest BCUT2D eigenvalue weighted by atomic mass is 35.5. The summed E-state index contributed by atoms with van der Waals surface area (Å²) < 4.78 is 31.6. The van der Waals surface area contributed by atoms with Crippen LogP contribution >= 0.6 is 11.6 Å². The van der Waals surface area contributed by atoms with E-state index in [1.165, 1.54) is 11.4 Å². The number of carbonyl (C=O) groups excluding carboxylic acids is 2. The lowest BCUT2D eigenvalue weighted by atomic mass is 10.0. The molecule has 2 amide bonds. The number of methoxy groups -OCH3 is 1. The van der Waals surface area contributed by atoms with Crippen molar-refractivity contribution >= 4 is 39.1 Å². The van der Waals surface area contributed by atoms with Gasteiger partial charge in [0.15, 0.2) is 0 Å². The maximum atomic E-state index is 13.7. The van der Waals surface area contributed by atoms with E-state index in [4.69, 9.17) is 16.3 Å². The van der Waals surface area contributed by atoms with E-state index < -0.39 is 16.1 Å². The summed E-state index contributed by atoms with van der Waals surface area (Å²) in [4.78, 5) is 28.3. The highest BCUT2D eigenvalue weighted by molar-refractivity contribution is 7.92. The summed E-state index contributed by atoms with van der Waals surface area (Å²) in [5, 5.41) is 3.26. The third kappa shape index (κ3) is 8.73. The number of likely N-dealkylation sites (N-methyl/N-ethyl adjacent to an activating group) is 1. The number of anilines is 1. The fourth-order valence-corrected chi connectivity index (χ4v) is 5.36. The Balaban J connectivity index is 1.84. The first-order valence-corrected chi connectivity index (χ1v) is 14.8. The van der Waals surface area contributed by atoms with Gasteiger partial charge < -0.3 is 15.0 Å². The standard InChI is InChI=1S/C29H34ClN3O5S/c1-31-29(35)27(19-22-9-5-4-6-10-22)32(21-23-14-16-24(30)17-15-23)28(34)13-8-18-33(39(3,36)37)25-11-7-12-26(20-25)38-2/h4-7,9-12,14-17,20,27H,8,13,18-19,21H2,1-3H3,(H,31,35)/t27-/m1/s1. The van der Waals surface area contributed by atoms with Gasteiger partial charge in [-0.1, -0.05) is 60.1 Å². The van der Waals surface area contributed by atoms with Gasteiger partial charge in [0.2, 0.25) is 21.8 Å². The van der Waals surface area contributed by atoms with Crippen molar-refractivity contribution in [3.05, 3.63) is 95.0 Å². The fraction of sp³-hybridized carbons (Fsp3) is 0.310. The number of benzene rings is 3. The average molecular weight is 572 g/mol. The first kappa shape index (κ1) is 30.0. The van der Waals surface area contributed by atoms with Crippen molar-refractivity contribution in [1.82, 2.24) is 10.2 Å². The minimum absolute atomic E-state index is 0.0475. The molecule has 0 aliphatic carbocycles. The van der Waals surface area contributed by atoms with Gasteiger partial charge in [0.1, 0.15) is 11.8 Å². The van der Waals surface area contributed by atoms with Gasteiger partial charge in [-0.15, -0.1) is 0 Å². The zero-order chi connectivity index (χ0) is 28.4. The van der Waals surface area contributed by atoms with Crippen LogP contribution in [0.25, 0.3) is 0 Å². The number of nitrogens with one attached hydrogen (secondary N) is 1. The highest BCUT2D eigenvalue weighted by Crippen LogP contribution is 2.24. The number of amides is 2. The first-order chi connectivity index (χ1) is 18.6. The van der Waals surface area contributed by atoms with Gasteiger partial charge in [-0.25, -0.2) is 8.42 Å². The maximum absolute atomic E-state index is 13.7. The lowest BCUT2D eigenvalue weighted by Crippen LogP contribution is -2.49. The molecule has 0 saturated heterocycles. The molecule has 208 valence electrons. The second kappa shape index (κ2) is 14.0. The minimum atomic E-state index is -3.61. The molecule has 0 radical (unpaired) electrons. The van der Waals surface area contributed by atoms with Gasteiger partial charge in [0.25, 0.3) is 0 Å². The van der Waals surface area contributed by atoms with Crippen LogP contribution in [0.2, 0.25) is 5.02 Å². The van der Waals surface area contributed by atoms with Crippen LogP contribution in [-0.2, 0) is 32.6 Å². The van der Waals surface area contributed by atoms with Crippen LogP contribution < -0.4 is 14.4 Å². The maximum Gasteiger partial charge on any atom is 0.242 e. The van der Waals surface area contributed by atoms with E-state index >= 15 is 0 Å². The minimum Gasteiger partial charge on any atom is -0.497 e. The molecule has 0 unspecified atom stereocenters. The topological polar surface area (TPSA) is 96.0 Å². The predicted molar refractivity (Wildman–Crippen MR) is 154 cm³/mol. The second-order valence-electron chi connectivity index (χ2n) is 9.11. The van der Waals surface area contributed by atoms with Crippen LogP contribution in [0.15, 0.2) is 78.9 Å². The van der Waals surface area contributed by atoms with Crippen molar-refractivity contribution in [3.8, 4) is 5.75 Å². The summed E-state index contributed by atoms with van der Waals surface area (Å²) in [7, 11) is -0.557. The predicted octanol–water partition coefficient (Wildman–Crippen LogP) is 4.28. The Morgan fingerprint density at radius 1 is 0.974 bits per heavy atom. The van der Waals surface area contributed by atoms with Gasteiger partial charge in [0.05, 0.1) is 19.1 Å². The number of nitrogens with zero attached hydrogens (tertiary/aromatic N) is 2. The van der Waals surface area contributed by atoms with Crippen LogP contribution in [-0.4, -0.2) is 58.1 Å². The Morgan fingerprint density at radius 2 is 1.67 bits per heavy atom. The third-order valence-electron chi connectivity index (χ3n) is 6.28. The number of hydrogen-bond donors (Lipinski definition) is 1. The Hall–Kier alpha value is -3.56. The first-order valence-electron chi connectivity index (χ1n) is 12.5. The smallest absolute Gasteiger partial charge is 0.242 e. The van der Waals surface area contributed by atoms with Gasteiger partial charge in [0, 0.05) is 44.1 Å². The number of hydrogen-bond acceptors (Lipinski definition) is 5. The highest BCUT2D eigenvalue weighted by Gasteiger charge is 2.30. The average Bonchev–Trinajstić information content (AvgIpc) is 2.93. The molecule has 0 saturated carbocycles. The van der Waals surface area contributed by atoms with Crippen molar-refractivity contribution in [1.29, 1.82) is 0 Å². The van der Waals surface area contributed by atoms with E-state index in [9.17, 15) is 18.0 Å². The van der Waals surface area contributed by atoms with Crippen molar-refractivity contribution in [2.75, 3.05) is 31.3 Å². The molecule has 0 aliphatic rings. The van der Waals surface area contributed by atoms with Gasteiger partial charge >= 0.3 is 0 Å².